The zero-order valence-electron chi connectivity index (χ0n) is 9.65. The molecule has 0 N–H and O–H groups in total. The van der Waals surface area contributed by atoms with Gasteiger partial charge in [-0.25, -0.2) is 18.3 Å². The fourth-order valence-corrected chi connectivity index (χ4v) is 1.52. The van der Waals surface area contributed by atoms with Gasteiger partial charge in [0.25, 0.3) is 0 Å². The van der Waals surface area contributed by atoms with Gasteiger partial charge in [-0.1, -0.05) is 5.21 Å². The monoisotopic (exact) mass is 253 g/mol. The molecule has 18 heavy (non-hydrogen) atoms. The van der Waals surface area contributed by atoms with Crippen molar-refractivity contribution in [3.63, 3.8) is 0 Å². The molecular formula is C11H9F2N3O2. The number of hydrogen-bond acceptors (Lipinski definition) is 4. The van der Waals surface area contributed by atoms with Crippen LogP contribution in [0.4, 0.5) is 8.78 Å². The van der Waals surface area contributed by atoms with Crippen LogP contribution >= 0.6 is 0 Å². The number of halogens is 2. The first-order valence-electron chi connectivity index (χ1n) is 5.00. The Balaban J connectivity index is 2.52. The molecular weight excluding hydrogens is 244 g/mol. The van der Waals surface area contributed by atoms with Gasteiger partial charge in [0.15, 0.2) is 5.69 Å². The van der Waals surface area contributed by atoms with E-state index in [1.165, 1.54) is 11.8 Å². The highest BCUT2D eigenvalue weighted by Crippen LogP contribution is 2.15. The van der Waals surface area contributed by atoms with Crippen LogP contribution in [-0.2, 0) is 4.74 Å². The van der Waals surface area contributed by atoms with Crippen LogP contribution in [0.1, 0.15) is 16.2 Å². The number of carbonyl (C=O) groups is 1. The van der Waals surface area contributed by atoms with Gasteiger partial charge in [-0.15, -0.1) is 5.10 Å². The Labute approximate surface area is 101 Å². The molecule has 0 unspecified atom stereocenters. The lowest BCUT2D eigenvalue weighted by Gasteiger charge is -2.03. The Morgan fingerprint density at radius 1 is 1.28 bits per heavy atom. The summed E-state index contributed by atoms with van der Waals surface area (Å²) in [7, 11) is 1.21. The van der Waals surface area contributed by atoms with E-state index >= 15 is 0 Å². The molecule has 0 saturated carbocycles. The molecule has 0 saturated heterocycles. The quantitative estimate of drug-likeness (QED) is 0.763. The van der Waals surface area contributed by atoms with E-state index in [2.05, 4.69) is 15.0 Å². The third kappa shape index (κ3) is 2.06. The summed E-state index contributed by atoms with van der Waals surface area (Å²) in [6, 6.07) is 2.93. The van der Waals surface area contributed by atoms with Gasteiger partial charge < -0.3 is 4.74 Å². The maximum Gasteiger partial charge on any atom is 0.360 e. The zero-order valence-corrected chi connectivity index (χ0v) is 9.65. The van der Waals surface area contributed by atoms with E-state index in [9.17, 15) is 13.6 Å². The van der Waals surface area contributed by atoms with Crippen LogP contribution < -0.4 is 0 Å². The maximum atomic E-state index is 13.1. The number of methoxy groups -OCH3 is 1. The largest absolute Gasteiger partial charge is 0.464 e. The van der Waals surface area contributed by atoms with Crippen molar-refractivity contribution in [1.29, 1.82) is 0 Å². The highest BCUT2D eigenvalue weighted by molar-refractivity contribution is 5.88. The Morgan fingerprint density at radius 2 is 1.89 bits per heavy atom. The third-order valence-corrected chi connectivity index (χ3v) is 2.37. The molecule has 0 aliphatic rings. The molecule has 0 aliphatic heterocycles. The summed E-state index contributed by atoms with van der Waals surface area (Å²) in [4.78, 5) is 11.3. The van der Waals surface area contributed by atoms with Gasteiger partial charge in [0.05, 0.1) is 18.5 Å². The van der Waals surface area contributed by atoms with Crippen LogP contribution in [0, 0.1) is 18.6 Å². The summed E-state index contributed by atoms with van der Waals surface area (Å²) < 4.78 is 31.8. The Kier molecular flexibility index (Phi) is 3.05. The van der Waals surface area contributed by atoms with E-state index in [4.69, 9.17) is 0 Å². The number of rotatable bonds is 2. The molecule has 2 rings (SSSR count). The van der Waals surface area contributed by atoms with E-state index in [-0.39, 0.29) is 11.4 Å². The standard InChI is InChI=1S/C11H9F2N3O2/c1-6-10(11(17)18-2)14-15-16(6)9-4-7(12)3-8(13)5-9/h3-5H,1-2H3. The maximum absolute atomic E-state index is 13.1. The van der Waals surface area contributed by atoms with Gasteiger partial charge >= 0.3 is 5.97 Å². The normalized spacial score (nSPS) is 10.4. The number of hydrogen-bond donors (Lipinski definition) is 0. The number of nitrogens with zero attached hydrogens (tertiary/aromatic N) is 3. The van der Waals surface area contributed by atoms with Gasteiger partial charge in [0.1, 0.15) is 11.6 Å². The SMILES string of the molecule is COC(=O)c1nnn(-c2cc(F)cc(F)c2)c1C. The van der Waals surface area contributed by atoms with Crippen LogP contribution in [0.2, 0.25) is 0 Å². The van der Waals surface area contributed by atoms with E-state index < -0.39 is 17.6 Å². The molecule has 0 spiro atoms. The highest BCUT2D eigenvalue weighted by Gasteiger charge is 2.18. The molecule has 1 aromatic carbocycles. The molecule has 0 amide bonds. The van der Waals surface area contributed by atoms with Crippen LogP contribution in [-0.4, -0.2) is 28.1 Å². The zero-order chi connectivity index (χ0) is 13.3. The van der Waals surface area contributed by atoms with E-state index in [1.807, 2.05) is 0 Å². The smallest absolute Gasteiger partial charge is 0.360 e. The molecule has 0 aliphatic carbocycles. The van der Waals surface area contributed by atoms with Crippen molar-refractivity contribution in [2.45, 2.75) is 6.92 Å². The third-order valence-electron chi connectivity index (χ3n) is 2.37. The van der Waals surface area contributed by atoms with Crippen molar-refractivity contribution < 1.29 is 18.3 Å². The molecule has 1 heterocycles. The topological polar surface area (TPSA) is 57.0 Å². The minimum atomic E-state index is -0.737. The first-order chi connectivity index (χ1) is 8.52. The van der Waals surface area contributed by atoms with Crippen molar-refractivity contribution in [2.24, 2.45) is 0 Å². The first kappa shape index (κ1) is 12.2. The van der Waals surface area contributed by atoms with E-state index in [0.717, 1.165) is 18.2 Å². The average molecular weight is 253 g/mol. The first-order valence-corrected chi connectivity index (χ1v) is 5.00. The molecule has 94 valence electrons. The minimum absolute atomic E-state index is 0.00201. The summed E-state index contributed by atoms with van der Waals surface area (Å²) in [5.41, 5.74) is 0.488. The lowest BCUT2D eigenvalue weighted by molar-refractivity contribution is 0.0593. The number of benzene rings is 1. The summed E-state index contributed by atoms with van der Waals surface area (Å²) in [5, 5.41) is 7.29. The van der Waals surface area contributed by atoms with Crippen molar-refractivity contribution >= 4 is 5.97 Å². The van der Waals surface area contributed by atoms with Crippen LogP contribution in [0.25, 0.3) is 5.69 Å². The summed E-state index contributed by atoms with van der Waals surface area (Å²) >= 11 is 0. The van der Waals surface area contributed by atoms with Gasteiger partial charge in [-0.2, -0.15) is 0 Å². The Bertz CT molecular complexity index is 590. The second-order valence-electron chi connectivity index (χ2n) is 3.55. The number of aromatic nitrogens is 3. The van der Waals surface area contributed by atoms with Gasteiger partial charge in [-0.05, 0) is 19.1 Å². The molecule has 7 heteroatoms. The molecule has 1 aromatic heterocycles. The summed E-state index contributed by atoms with van der Waals surface area (Å²) in [6.07, 6.45) is 0. The predicted molar refractivity (Wildman–Crippen MR) is 57.4 cm³/mol. The lowest BCUT2D eigenvalue weighted by atomic mass is 10.2. The predicted octanol–water partition coefficient (Wildman–Crippen LogP) is 1.64. The van der Waals surface area contributed by atoms with Crippen molar-refractivity contribution in [2.75, 3.05) is 7.11 Å². The van der Waals surface area contributed by atoms with Crippen LogP contribution in [0.15, 0.2) is 18.2 Å². The van der Waals surface area contributed by atoms with Crippen molar-refractivity contribution in [3.05, 3.63) is 41.2 Å². The van der Waals surface area contributed by atoms with Gasteiger partial charge in [0, 0.05) is 6.07 Å². The average Bonchev–Trinajstić information content (AvgIpc) is 2.69. The molecule has 0 atom stereocenters. The molecule has 5 nitrogen and oxygen atoms in total. The van der Waals surface area contributed by atoms with Crippen LogP contribution in [0.5, 0.6) is 0 Å². The Morgan fingerprint density at radius 3 is 2.44 bits per heavy atom. The second kappa shape index (κ2) is 4.52. The highest BCUT2D eigenvalue weighted by atomic mass is 19.1. The van der Waals surface area contributed by atoms with Crippen molar-refractivity contribution in [1.82, 2.24) is 15.0 Å². The fraction of sp³-hybridized carbons (Fsp3) is 0.182. The minimum Gasteiger partial charge on any atom is -0.464 e. The van der Waals surface area contributed by atoms with E-state index in [0.29, 0.717) is 5.69 Å². The summed E-state index contributed by atoms with van der Waals surface area (Å²) in [6.45, 7) is 1.55. The summed E-state index contributed by atoms with van der Waals surface area (Å²) in [5.74, 6) is -2.13. The number of esters is 1. The van der Waals surface area contributed by atoms with Crippen LogP contribution in [0.3, 0.4) is 0 Å². The van der Waals surface area contributed by atoms with Gasteiger partial charge in [0.2, 0.25) is 0 Å². The number of carbonyl (C=O) groups excluding carboxylic acids is 1. The molecule has 2 aromatic rings. The molecule has 0 fully saturated rings. The lowest BCUT2D eigenvalue weighted by Crippen LogP contribution is -2.05. The number of ether oxygens (including phenoxy) is 1. The fourth-order valence-electron chi connectivity index (χ4n) is 1.52. The van der Waals surface area contributed by atoms with Gasteiger partial charge in [-0.3, -0.25) is 0 Å². The molecule has 0 bridgehead atoms. The van der Waals surface area contributed by atoms with Crippen molar-refractivity contribution in [3.8, 4) is 5.69 Å². The van der Waals surface area contributed by atoms with E-state index in [1.54, 1.807) is 6.92 Å². The molecule has 0 radical (unpaired) electrons. The Hall–Kier alpha value is -2.31. The second-order valence-corrected chi connectivity index (χ2v) is 3.55.